The van der Waals surface area contributed by atoms with Gasteiger partial charge in [0.05, 0.1) is 19.7 Å². The number of fused-ring (bicyclic) bond motifs is 1. The van der Waals surface area contributed by atoms with E-state index in [0.29, 0.717) is 41.1 Å². The Kier molecular flexibility index (Phi) is 5.35. The van der Waals surface area contributed by atoms with Crippen molar-refractivity contribution < 1.29 is 14.3 Å². The van der Waals surface area contributed by atoms with E-state index in [9.17, 15) is 9.59 Å². The van der Waals surface area contributed by atoms with Gasteiger partial charge in [-0.2, -0.15) is 0 Å². The SMILES string of the molecule is COc1cc(OC)c2c(=O)[nH]c(-c3cc(C)c(CCC(N)=O)c(C)c3)nc2c1. The molecule has 3 N–H and O–H groups in total. The van der Waals surface area contributed by atoms with Crippen LogP contribution in [0.3, 0.4) is 0 Å². The van der Waals surface area contributed by atoms with Crippen molar-refractivity contribution in [3.8, 4) is 22.9 Å². The van der Waals surface area contributed by atoms with Crippen molar-refractivity contribution in [1.29, 1.82) is 0 Å². The van der Waals surface area contributed by atoms with Crippen LogP contribution in [0.25, 0.3) is 22.3 Å². The lowest BCUT2D eigenvalue weighted by Crippen LogP contribution is -2.13. The quantitative estimate of drug-likeness (QED) is 0.682. The number of carbonyl (C=O) groups is 1. The number of methoxy groups -OCH3 is 2. The Morgan fingerprint density at radius 2 is 1.79 bits per heavy atom. The highest BCUT2D eigenvalue weighted by molar-refractivity contribution is 5.87. The summed E-state index contributed by atoms with van der Waals surface area (Å²) in [5, 5.41) is 0.374. The maximum absolute atomic E-state index is 12.7. The summed E-state index contributed by atoms with van der Waals surface area (Å²) in [6, 6.07) is 7.26. The number of hydrogen-bond acceptors (Lipinski definition) is 5. The van der Waals surface area contributed by atoms with Gasteiger partial charge < -0.3 is 20.2 Å². The molecule has 0 aliphatic heterocycles. The first-order valence-electron chi connectivity index (χ1n) is 8.89. The summed E-state index contributed by atoms with van der Waals surface area (Å²) < 4.78 is 10.6. The molecule has 0 atom stereocenters. The number of amides is 1. The number of hydrogen-bond donors (Lipinski definition) is 2. The molecule has 7 heteroatoms. The summed E-state index contributed by atoms with van der Waals surface area (Å²) in [6.45, 7) is 3.94. The fourth-order valence-electron chi connectivity index (χ4n) is 3.40. The Labute approximate surface area is 162 Å². The first kappa shape index (κ1) is 19.4. The van der Waals surface area contributed by atoms with Crippen LogP contribution in [0.4, 0.5) is 0 Å². The summed E-state index contributed by atoms with van der Waals surface area (Å²) >= 11 is 0. The zero-order chi connectivity index (χ0) is 20.4. The molecule has 0 spiro atoms. The summed E-state index contributed by atoms with van der Waals surface area (Å²) in [6.07, 6.45) is 0.884. The van der Waals surface area contributed by atoms with Gasteiger partial charge in [-0.25, -0.2) is 4.98 Å². The lowest BCUT2D eigenvalue weighted by atomic mass is 9.95. The van der Waals surface area contributed by atoms with E-state index in [1.807, 2.05) is 26.0 Å². The minimum absolute atomic E-state index is 0.285. The van der Waals surface area contributed by atoms with E-state index in [4.69, 9.17) is 15.2 Å². The molecule has 7 nitrogen and oxygen atoms in total. The molecule has 3 rings (SSSR count). The highest BCUT2D eigenvalue weighted by Gasteiger charge is 2.14. The molecule has 1 amide bonds. The van der Waals surface area contributed by atoms with E-state index < -0.39 is 0 Å². The van der Waals surface area contributed by atoms with Crippen LogP contribution in [0.1, 0.15) is 23.1 Å². The number of primary amides is 1. The Morgan fingerprint density at radius 3 is 2.36 bits per heavy atom. The first-order chi connectivity index (χ1) is 13.3. The van der Waals surface area contributed by atoms with Crippen LogP contribution in [0, 0.1) is 13.8 Å². The molecule has 0 saturated heterocycles. The fraction of sp³-hybridized carbons (Fsp3) is 0.286. The smallest absolute Gasteiger partial charge is 0.262 e. The van der Waals surface area contributed by atoms with Gasteiger partial charge in [0.25, 0.3) is 5.56 Å². The van der Waals surface area contributed by atoms with Crippen LogP contribution in [0.15, 0.2) is 29.1 Å². The number of nitrogens with one attached hydrogen (secondary N) is 1. The molecular formula is C21H23N3O4. The molecule has 1 aromatic heterocycles. The molecule has 0 aliphatic carbocycles. The monoisotopic (exact) mass is 381 g/mol. The number of carbonyl (C=O) groups excluding carboxylic acids is 1. The lowest BCUT2D eigenvalue weighted by Gasteiger charge is -2.13. The summed E-state index contributed by atoms with van der Waals surface area (Å²) in [4.78, 5) is 31.3. The zero-order valence-corrected chi connectivity index (χ0v) is 16.4. The van der Waals surface area contributed by atoms with Gasteiger partial charge in [0.2, 0.25) is 5.91 Å². The van der Waals surface area contributed by atoms with Crippen molar-refractivity contribution in [2.45, 2.75) is 26.7 Å². The molecule has 0 bridgehead atoms. The van der Waals surface area contributed by atoms with Gasteiger partial charge in [0, 0.05) is 24.1 Å². The standard InChI is InChI=1S/C21H23N3O4/c1-11-7-13(8-12(2)15(11)5-6-18(22)25)20-23-16-9-14(27-3)10-17(28-4)19(16)21(26)24-20/h7-10H,5-6H2,1-4H3,(H2,22,25)(H,23,24,26). The Hall–Kier alpha value is -3.35. The number of nitrogens with zero attached hydrogens (tertiary/aromatic N) is 1. The molecule has 2 aromatic carbocycles. The predicted molar refractivity (Wildman–Crippen MR) is 108 cm³/mol. The highest BCUT2D eigenvalue weighted by atomic mass is 16.5. The van der Waals surface area contributed by atoms with Gasteiger partial charge in [-0.05, 0) is 49.1 Å². The minimum atomic E-state index is -0.328. The molecule has 0 radical (unpaired) electrons. The Balaban J connectivity index is 2.14. The lowest BCUT2D eigenvalue weighted by molar-refractivity contribution is -0.117. The highest BCUT2D eigenvalue weighted by Crippen LogP contribution is 2.29. The van der Waals surface area contributed by atoms with Crippen molar-refractivity contribution in [3.05, 3.63) is 51.3 Å². The Morgan fingerprint density at radius 1 is 1.11 bits per heavy atom. The normalized spacial score (nSPS) is 10.9. The Bertz CT molecular complexity index is 1100. The first-order valence-corrected chi connectivity index (χ1v) is 8.89. The third kappa shape index (κ3) is 3.69. The number of aryl methyl sites for hydroxylation is 2. The summed E-state index contributed by atoms with van der Waals surface area (Å²) in [5.41, 5.74) is 9.37. The number of nitrogens with two attached hydrogens (primary N) is 1. The van der Waals surface area contributed by atoms with Gasteiger partial charge in [0.1, 0.15) is 22.7 Å². The second-order valence-electron chi connectivity index (χ2n) is 6.69. The van der Waals surface area contributed by atoms with Crippen LogP contribution in [-0.4, -0.2) is 30.1 Å². The molecule has 0 saturated carbocycles. The average molecular weight is 381 g/mol. The van der Waals surface area contributed by atoms with Gasteiger partial charge in [-0.1, -0.05) is 0 Å². The number of H-pyrrole nitrogens is 1. The second kappa shape index (κ2) is 7.72. The van der Waals surface area contributed by atoms with Crippen molar-refractivity contribution >= 4 is 16.8 Å². The maximum Gasteiger partial charge on any atom is 0.262 e. The molecule has 0 unspecified atom stereocenters. The van der Waals surface area contributed by atoms with E-state index in [-0.39, 0.29) is 11.5 Å². The molecular weight excluding hydrogens is 358 g/mol. The van der Waals surface area contributed by atoms with E-state index in [0.717, 1.165) is 22.3 Å². The molecule has 28 heavy (non-hydrogen) atoms. The topological polar surface area (TPSA) is 107 Å². The minimum Gasteiger partial charge on any atom is -0.497 e. The summed E-state index contributed by atoms with van der Waals surface area (Å²) in [7, 11) is 3.05. The average Bonchev–Trinajstić information content (AvgIpc) is 2.65. The second-order valence-corrected chi connectivity index (χ2v) is 6.69. The van der Waals surface area contributed by atoms with Crippen molar-refractivity contribution in [1.82, 2.24) is 9.97 Å². The van der Waals surface area contributed by atoms with Crippen molar-refractivity contribution in [3.63, 3.8) is 0 Å². The van der Waals surface area contributed by atoms with Crippen molar-refractivity contribution in [2.75, 3.05) is 14.2 Å². The number of aromatic amines is 1. The van der Waals surface area contributed by atoms with Gasteiger partial charge in [-0.15, -0.1) is 0 Å². The van der Waals surface area contributed by atoms with E-state index in [2.05, 4.69) is 9.97 Å². The van der Waals surface area contributed by atoms with E-state index >= 15 is 0 Å². The molecule has 0 fully saturated rings. The van der Waals surface area contributed by atoms with Gasteiger partial charge in [-0.3, -0.25) is 9.59 Å². The van der Waals surface area contributed by atoms with Crippen LogP contribution in [0.2, 0.25) is 0 Å². The molecule has 0 aliphatic rings. The van der Waals surface area contributed by atoms with Crippen LogP contribution >= 0.6 is 0 Å². The number of ether oxygens (including phenoxy) is 2. The summed E-state index contributed by atoms with van der Waals surface area (Å²) in [5.74, 6) is 1.10. The maximum atomic E-state index is 12.7. The fourth-order valence-corrected chi connectivity index (χ4v) is 3.40. The number of aromatic nitrogens is 2. The largest absolute Gasteiger partial charge is 0.497 e. The third-order valence-corrected chi connectivity index (χ3v) is 4.79. The molecule has 146 valence electrons. The third-order valence-electron chi connectivity index (χ3n) is 4.79. The predicted octanol–water partition coefficient (Wildman–Crippen LogP) is 2.64. The molecule has 3 aromatic rings. The number of benzene rings is 2. The van der Waals surface area contributed by atoms with Gasteiger partial charge >= 0.3 is 0 Å². The van der Waals surface area contributed by atoms with Crippen LogP contribution in [-0.2, 0) is 11.2 Å². The van der Waals surface area contributed by atoms with Crippen LogP contribution in [0.5, 0.6) is 11.5 Å². The van der Waals surface area contributed by atoms with E-state index in [1.54, 1.807) is 19.2 Å². The van der Waals surface area contributed by atoms with Crippen LogP contribution < -0.4 is 20.8 Å². The van der Waals surface area contributed by atoms with Crippen molar-refractivity contribution in [2.24, 2.45) is 5.73 Å². The number of rotatable bonds is 6. The van der Waals surface area contributed by atoms with E-state index in [1.165, 1.54) is 7.11 Å². The van der Waals surface area contributed by atoms with Gasteiger partial charge in [0.15, 0.2) is 0 Å². The zero-order valence-electron chi connectivity index (χ0n) is 16.4. The molecule has 1 heterocycles.